The highest BCUT2D eigenvalue weighted by molar-refractivity contribution is 5.52. The van der Waals surface area contributed by atoms with E-state index in [0.717, 1.165) is 17.6 Å². The van der Waals surface area contributed by atoms with E-state index < -0.39 is 0 Å². The number of hydrogen-bond acceptors (Lipinski definition) is 2. The molecule has 1 unspecified atom stereocenters. The predicted octanol–water partition coefficient (Wildman–Crippen LogP) is 3.70. The summed E-state index contributed by atoms with van der Waals surface area (Å²) >= 11 is 0. The summed E-state index contributed by atoms with van der Waals surface area (Å²) < 4.78 is 19.1. The lowest BCUT2D eigenvalue weighted by molar-refractivity contribution is -0.108. The van der Waals surface area contributed by atoms with Crippen molar-refractivity contribution in [2.45, 2.75) is 38.5 Å². The average molecular weight is 250 g/mol. The molecule has 0 amide bonds. The monoisotopic (exact) mass is 250 g/mol. The molecule has 0 aromatic heterocycles. The van der Waals surface area contributed by atoms with Gasteiger partial charge in [0.25, 0.3) is 0 Å². The number of ether oxygens (including phenoxy) is 1. The van der Waals surface area contributed by atoms with Gasteiger partial charge in [-0.05, 0) is 42.9 Å². The minimum absolute atomic E-state index is 0.00501. The first-order valence-electron chi connectivity index (χ1n) is 6.56. The van der Waals surface area contributed by atoms with Gasteiger partial charge in [0.05, 0.1) is 6.61 Å². The van der Waals surface area contributed by atoms with Crippen molar-refractivity contribution < 1.29 is 13.9 Å². The van der Waals surface area contributed by atoms with E-state index in [9.17, 15) is 9.18 Å². The van der Waals surface area contributed by atoms with Gasteiger partial charge in [0.2, 0.25) is 0 Å². The van der Waals surface area contributed by atoms with Crippen molar-refractivity contribution in [3.8, 4) is 5.75 Å². The van der Waals surface area contributed by atoms with Crippen molar-refractivity contribution in [3.63, 3.8) is 0 Å². The molecule has 98 valence electrons. The molecule has 0 spiro atoms. The van der Waals surface area contributed by atoms with Crippen LogP contribution in [0.2, 0.25) is 0 Å². The third-order valence-electron chi connectivity index (χ3n) is 3.65. The number of benzene rings is 1. The molecule has 2 nitrogen and oxygen atoms in total. The highest BCUT2D eigenvalue weighted by Gasteiger charge is 2.19. The average Bonchev–Trinajstić information content (AvgIpc) is 2.29. The van der Waals surface area contributed by atoms with Crippen molar-refractivity contribution in [2.75, 3.05) is 6.61 Å². The zero-order chi connectivity index (χ0) is 13.0. The Kier molecular flexibility index (Phi) is 4.34. The van der Waals surface area contributed by atoms with Crippen molar-refractivity contribution >= 4 is 6.29 Å². The van der Waals surface area contributed by atoms with Crippen LogP contribution in [0.3, 0.4) is 0 Å². The van der Waals surface area contributed by atoms with E-state index in [1.807, 2.05) is 6.92 Å². The van der Waals surface area contributed by atoms with E-state index in [2.05, 4.69) is 0 Å². The quantitative estimate of drug-likeness (QED) is 0.720. The van der Waals surface area contributed by atoms with Crippen molar-refractivity contribution in [1.29, 1.82) is 0 Å². The second-order valence-corrected chi connectivity index (χ2v) is 5.09. The molecule has 0 heterocycles. The van der Waals surface area contributed by atoms with E-state index in [1.54, 1.807) is 6.07 Å². The van der Waals surface area contributed by atoms with Crippen LogP contribution in [0, 0.1) is 11.7 Å². The van der Waals surface area contributed by atoms with Gasteiger partial charge in [0, 0.05) is 12.0 Å². The molecule has 1 fully saturated rings. The molecule has 1 saturated carbocycles. The van der Waals surface area contributed by atoms with Gasteiger partial charge in [-0.2, -0.15) is 0 Å². The number of carbonyl (C=O) groups excluding carboxylic acids is 1. The zero-order valence-electron chi connectivity index (χ0n) is 10.7. The fraction of sp³-hybridized carbons (Fsp3) is 0.533. The molecule has 1 aliphatic carbocycles. The molecule has 0 aliphatic heterocycles. The van der Waals surface area contributed by atoms with Crippen molar-refractivity contribution in [2.24, 2.45) is 5.92 Å². The molecule has 0 saturated heterocycles. The topological polar surface area (TPSA) is 26.3 Å². The van der Waals surface area contributed by atoms with Crippen LogP contribution in [0.25, 0.3) is 0 Å². The summed E-state index contributed by atoms with van der Waals surface area (Å²) in [5.74, 6) is 1.08. The van der Waals surface area contributed by atoms with Gasteiger partial charge < -0.3 is 9.53 Å². The predicted molar refractivity (Wildman–Crippen MR) is 68.3 cm³/mol. The van der Waals surface area contributed by atoms with Gasteiger partial charge in [0.15, 0.2) is 0 Å². The summed E-state index contributed by atoms with van der Waals surface area (Å²) in [7, 11) is 0. The third kappa shape index (κ3) is 3.09. The molecule has 2 rings (SSSR count). The van der Waals surface area contributed by atoms with Crippen LogP contribution in [0.5, 0.6) is 5.75 Å². The number of carbonyl (C=O) groups is 1. The molecule has 1 aromatic rings. The summed E-state index contributed by atoms with van der Waals surface area (Å²) in [6.45, 7) is 2.62. The van der Waals surface area contributed by atoms with E-state index in [4.69, 9.17) is 4.74 Å². The Morgan fingerprint density at radius 1 is 1.50 bits per heavy atom. The molecule has 1 aliphatic rings. The molecule has 18 heavy (non-hydrogen) atoms. The van der Waals surface area contributed by atoms with Crippen LogP contribution in [0.1, 0.15) is 44.1 Å². The van der Waals surface area contributed by atoms with E-state index >= 15 is 0 Å². The third-order valence-corrected chi connectivity index (χ3v) is 3.65. The highest BCUT2D eigenvalue weighted by atomic mass is 19.1. The molecule has 0 bridgehead atoms. The number of aldehydes is 1. The molecular formula is C15H19FO2. The van der Waals surface area contributed by atoms with E-state index in [1.165, 1.54) is 31.4 Å². The maximum absolute atomic E-state index is 13.3. The lowest BCUT2D eigenvalue weighted by Gasteiger charge is -2.26. The first-order valence-corrected chi connectivity index (χ1v) is 6.56. The summed E-state index contributed by atoms with van der Waals surface area (Å²) in [4.78, 5) is 10.6. The second kappa shape index (κ2) is 5.98. The normalized spacial score (nSPS) is 17.0. The SMILES string of the molecule is CC(CC=O)c1cc(F)ccc1OCC1CCC1. The maximum atomic E-state index is 13.3. The van der Waals surface area contributed by atoms with Gasteiger partial charge in [-0.1, -0.05) is 13.3 Å². The molecule has 1 aromatic carbocycles. The molecule has 0 N–H and O–H groups in total. The summed E-state index contributed by atoms with van der Waals surface area (Å²) in [5, 5.41) is 0. The van der Waals surface area contributed by atoms with Crippen LogP contribution >= 0.6 is 0 Å². The number of halogens is 1. The van der Waals surface area contributed by atoms with Gasteiger partial charge in [-0.25, -0.2) is 4.39 Å². The molecule has 0 radical (unpaired) electrons. The molecular weight excluding hydrogens is 231 g/mol. The highest BCUT2D eigenvalue weighted by Crippen LogP contribution is 2.32. The van der Waals surface area contributed by atoms with Crippen molar-refractivity contribution in [1.82, 2.24) is 0 Å². The first kappa shape index (κ1) is 13.1. The summed E-state index contributed by atoms with van der Waals surface area (Å²) in [6.07, 6.45) is 4.99. The molecule has 1 atom stereocenters. The van der Waals surface area contributed by atoms with E-state index in [-0.39, 0.29) is 11.7 Å². The Morgan fingerprint density at radius 3 is 2.89 bits per heavy atom. The van der Waals surface area contributed by atoms with Gasteiger partial charge in [0.1, 0.15) is 17.9 Å². The Bertz CT molecular complexity index is 413. The number of rotatable bonds is 6. The van der Waals surface area contributed by atoms with Crippen LogP contribution in [-0.2, 0) is 4.79 Å². The fourth-order valence-corrected chi connectivity index (χ4v) is 2.17. The Morgan fingerprint density at radius 2 is 2.28 bits per heavy atom. The fourth-order valence-electron chi connectivity index (χ4n) is 2.17. The standard InChI is InChI=1S/C15H19FO2/c1-11(7-8-17)14-9-13(16)5-6-15(14)18-10-12-3-2-4-12/h5-6,8-9,11-12H,2-4,7,10H2,1H3. The first-order chi connectivity index (χ1) is 8.70. The van der Waals surface area contributed by atoms with Gasteiger partial charge >= 0.3 is 0 Å². The van der Waals surface area contributed by atoms with Crippen LogP contribution in [0.4, 0.5) is 4.39 Å². The summed E-state index contributed by atoms with van der Waals surface area (Å²) in [6, 6.07) is 4.56. The van der Waals surface area contributed by atoms with Crippen LogP contribution in [-0.4, -0.2) is 12.9 Å². The van der Waals surface area contributed by atoms with Crippen molar-refractivity contribution in [3.05, 3.63) is 29.6 Å². The minimum atomic E-state index is -0.279. The second-order valence-electron chi connectivity index (χ2n) is 5.09. The van der Waals surface area contributed by atoms with Crippen LogP contribution < -0.4 is 4.74 Å². The van der Waals surface area contributed by atoms with Gasteiger partial charge in [-0.15, -0.1) is 0 Å². The molecule has 3 heteroatoms. The number of hydrogen-bond donors (Lipinski definition) is 0. The maximum Gasteiger partial charge on any atom is 0.123 e. The lowest BCUT2D eigenvalue weighted by atomic mass is 9.86. The Balaban J connectivity index is 2.08. The lowest BCUT2D eigenvalue weighted by Crippen LogP contribution is -2.19. The summed E-state index contributed by atoms with van der Waals surface area (Å²) in [5.41, 5.74) is 0.793. The van der Waals surface area contributed by atoms with E-state index in [0.29, 0.717) is 18.9 Å². The van der Waals surface area contributed by atoms with Crippen LogP contribution in [0.15, 0.2) is 18.2 Å². The zero-order valence-corrected chi connectivity index (χ0v) is 10.7. The minimum Gasteiger partial charge on any atom is -0.493 e. The Hall–Kier alpha value is -1.38. The smallest absolute Gasteiger partial charge is 0.123 e. The Labute approximate surface area is 107 Å². The van der Waals surface area contributed by atoms with Gasteiger partial charge in [-0.3, -0.25) is 0 Å². The largest absolute Gasteiger partial charge is 0.493 e.